The number of benzene rings is 2. The van der Waals surface area contributed by atoms with E-state index in [2.05, 4.69) is 16.0 Å². The number of nitrogens with one attached hydrogen (secondary N) is 1. The fraction of sp³-hybridized carbons (Fsp3) is 0.200. The fourth-order valence-corrected chi connectivity index (χ4v) is 4.53. The molecule has 0 saturated heterocycles. The van der Waals surface area contributed by atoms with Gasteiger partial charge in [0.15, 0.2) is 0 Å². The Balaban J connectivity index is 1.38. The van der Waals surface area contributed by atoms with Crippen LogP contribution in [-0.2, 0) is 17.6 Å². The molecular formula is C25H22ClN3O. The lowest BCUT2D eigenvalue weighted by Crippen LogP contribution is -2.28. The molecule has 0 saturated carbocycles. The average Bonchev–Trinajstić information content (AvgIpc) is 3.36. The third kappa shape index (κ3) is 3.48. The zero-order valence-electron chi connectivity index (χ0n) is 16.6. The van der Waals surface area contributed by atoms with Crippen LogP contribution in [0.2, 0.25) is 5.02 Å². The Morgan fingerprint density at radius 3 is 2.83 bits per heavy atom. The van der Waals surface area contributed by atoms with Gasteiger partial charge in [0, 0.05) is 40.8 Å². The highest BCUT2D eigenvalue weighted by Gasteiger charge is 2.24. The number of rotatable bonds is 5. The molecule has 5 rings (SSSR count). The Morgan fingerprint density at radius 1 is 1.10 bits per heavy atom. The minimum Gasteiger partial charge on any atom is -0.353 e. The Labute approximate surface area is 180 Å². The van der Waals surface area contributed by atoms with Gasteiger partial charge in [0.05, 0.1) is 11.4 Å². The van der Waals surface area contributed by atoms with Crippen molar-refractivity contribution in [1.82, 2.24) is 9.97 Å². The SMILES string of the molecule is O=C(CCCc1c(-c2ccccn2)[nH]c2ccc(Cl)cc12)N1CCc2ccccc21. The Hall–Kier alpha value is -3.11. The number of carbonyl (C=O) groups is 1. The van der Waals surface area contributed by atoms with E-state index in [1.165, 1.54) is 11.1 Å². The monoisotopic (exact) mass is 415 g/mol. The van der Waals surface area contributed by atoms with Crippen LogP contribution in [-0.4, -0.2) is 22.4 Å². The highest BCUT2D eigenvalue weighted by atomic mass is 35.5. The Kier molecular flexibility index (Phi) is 5.01. The van der Waals surface area contributed by atoms with E-state index in [1.54, 1.807) is 6.20 Å². The molecule has 0 unspecified atom stereocenters. The highest BCUT2D eigenvalue weighted by Crippen LogP contribution is 2.33. The van der Waals surface area contributed by atoms with Gasteiger partial charge in [-0.3, -0.25) is 9.78 Å². The second kappa shape index (κ2) is 7.96. The van der Waals surface area contributed by atoms with E-state index in [0.29, 0.717) is 11.4 Å². The second-order valence-corrected chi connectivity index (χ2v) is 8.10. The summed E-state index contributed by atoms with van der Waals surface area (Å²) >= 11 is 6.27. The van der Waals surface area contributed by atoms with Crippen LogP contribution in [0.5, 0.6) is 0 Å². The quantitative estimate of drug-likeness (QED) is 0.448. The maximum Gasteiger partial charge on any atom is 0.227 e. The number of aryl methyl sites for hydroxylation is 1. The number of anilines is 1. The number of para-hydroxylation sites is 1. The molecule has 4 nitrogen and oxygen atoms in total. The number of hydrogen-bond donors (Lipinski definition) is 1. The highest BCUT2D eigenvalue weighted by molar-refractivity contribution is 6.31. The van der Waals surface area contributed by atoms with Crippen molar-refractivity contribution in [3.8, 4) is 11.4 Å². The summed E-state index contributed by atoms with van der Waals surface area (Å²) in [5.74, 6) is 0.192. The number of aromatic amines is 1. The minimum absolute atomic E-state index is 0.192. The van der Waals surface area contributed by atoms with Crippen molar-refractivity contribution in [2.75, 3.05) is 11.4 Å². The van der Waals surface area contributed by atoms with Gasteiger partial charge in [0.25, 0.3) is 0 Å². The van der Waals surface area contributed by atoms with E-state index in [0.717, 1.165) is 53.8 Å². The van der Waals surface area contributed by atoms with Gasteiger partial charge < -0.3 is 9.88 Å². The molecule has 0 atom stereocenters. The third-order valence-corrected chi connectivity index (χ3v) is 6.03. The van der Waals surface area contributed by atoms with Crippen LogP contribution in [0.3, 0.4) is 0 Å². The van der Waals surface area contributed by atoms with E-state index in [-0.39, 0.29) is 5.91 Å². The molecule has 0 radical (unpaired) electrons. The first-order valence-corrected chi connectivity index (χ1v) is 10.7. The van der Waals surface area contributed by atoms with Gasteiger partial charge in [-0.1, -0.05) is 35.9 Å². The molecule has 3 heterocycles. The maximum atomic E-state index is 12.9. The van der Waals surface area contributed by atoms with Crippen molar-refractivity contribution >= 4 is 34.1 Å². The van der Waals surface area contributed by atoms with E-state index in [1.807, 2.05) is 59.5 Å². The van der Waals surface area contributed by atoms with Crippen molar-refractivity contribution in [1.29, 1.82) is 0 Å². The molecule has 1 aliphatic rings. The van der Waals surface area contributed by atoms with Crippen molar-refractivity contribution in [3.05, 3.63) is 83.0 Å². The molecule has 2 aromatic heterocycles. The molecule has 0 aliphatic carbocycles. The van der Waals surface area contributed by atoms with Crippen LogP contribution in [0.4, 0.5) is 5.69 Å². The average molecular weight is 416 g/mol. The molecular weight excluding hydrogens is 394 g/mol. The summed E-state index contributed by atoms with van der Waals surface area (Å²) in [5, 5.41) is 1.81. The number of aromatic nitrogens is 2. The van der Waals surface area contributed by atoms with Crippen molar-refractivity contribution in [3.63, 3.8) is 0 Å². The molecule has 0 spiro atoms. The number of halogens is 1. The minimum atomic E-state index is 0.192. The van der Waals surface area contributed by atoms with Gasteiger partial charge in [-0.15, -0.1) is 0 Å². The predicted molar refractivity (Wildman–Crippen MR) is 122 cm³/mol. The first-order valence-electron chi connectivity index (χ1n) is 10.3. The van der Waals surface area contributed by atoms with Crippen molar-refractivity contribution in [2.45, 2.75) is 25.7 Å². The summed E-state index contributed by atoms with van der Waals surface area (Å²) in [6, 6.07) is 20.0. The normalized spacial score (nSPS) is 13.0. The van der Waals surface area contributed by atoms with E-state index in [9.17, 15) is 4.79 Å². The van der Waals surface area contributed by atoms with E-state index < -0.39 is 0 Å². The molecule has 1 amide bonds. The Morgan fingerprint density at radius 2 is 1.97 bits per heavy atom. The zero-order chi connectivity index (χ0) is 20.5. The van der Waals surface area contributed by atoms with Crippen LogP contribution in [0, 0.1) is 0 Å². The Bertz CT molecular complexity index is 1220. The molecule has 0 bridgehead atoms. The predicted octanol–water partition coefficient (Wildman–Crippen LogP) is 5.80. The van der Waals surface area contributed by atoms with Gasteiger partial charge in [-0.05, 0) is 66.8 Å². The summed E-state index contributed by atoms with van der Waals surface area (Å²) < 4.78 is 0. The summed E-state index contributed by atoms with van der Waals surface area (Å²) in [4.78, 5) is 22.8. The summed E-state index contributed by atoms with van der Waals surface area (Å²) in [6.07, 6.45) is 4.81. The summed E-state index contributed by atoms with van der Waals surface area (Å²) in [6.45, 7) is 0.778. The van der Waals surface area contributed by atoms with Crippen LogP contribution in [0.1, 0.15) is 24.0 Å². The fourth-order valence-electron chi connectivity index (χ4n) is 4.36. The van der Waals surface area contributed by atoms with Crippen LogP contribution < -0.4 is 4.90 Å². The zero-order valence-corrected chi connectivity index (χ0v) is 17.3. The number of nitrogens with zero attached hydrogens (tertiary/aromatic N) is 2. The molecule has 4 aromatic rings. The van der Waals surface area contributed by atoms with Gasteiger partial charge in [0.2, 0.25) is 5.91 Å². The van der Waals surface area contributed by atoms with Crippen LogP contribution in [0.25, 0.3) is 22.3 Å². The molecule has 1 aliphatic heterocycles. The van der Waals surface area contributed by atoms with E-state index >= 15 is 0 Å². The van der Waals surface area contributed by atoms with Crippen LogP contribution >= 0.6 is 11.6 Å². The number of pyridine rings is 1. The lowest BCUT2D eigenvalue weighted by molar-refractivity contribution is -0.118. The molecule has 2 aromatic carbocycles. The standard InChI is InChI=1S/C25H22ClN3O/c26-18-11-12-21-20(16-18)19(25(28-21)22-8-3-4-14-27-22)7-5-10-24(30)29-15-13-17-6-1-2-9-23(17)29/h1-4,6,8-9,11-12,14,16,28H,5,7,10,13,15H2. The lowest BCUT2D eigenvalue weighted by Gasteiger charge is -2.17. The topological polar surface area (TPSA) is 49.0 Å². The number of H-pyrrole nitrogens is 1. The first-order chi connectivity index (χ1) is 14.7. The number of hydrogen-bond acceptors (Lipinski definition) is 2. The van der Waals surface area contributed by atoms with E-state index in [4.69, 9.17) is 11.6 Å². The molecule has 30 heavy (non-hydrogen) atoms. The summed E-state index contributed by atoms with van der Waals surface area (Å²) in [5.41, 5.74) is 6.44. The lowest BCUT2D eigenvalue weighted by atomic mass is 10.0. The van der Waals surface area contributed by atoms with Crippen molar-refractivity contribution < 1.29 is 4.79 Å². The maximum absolute atomic E-state index is 12.9. The summed E-state index contributed by atoms with van der Waals surface area (Å²) in [7, 11) is 0. The number of carbonyl (C=O) groups excluding carboxylic acids is 1. The van der Waals surface area contributed by atoms with Crippen molar-refractivity contribution in [2.24, 2.45) is 0 Å². The van der Waals surface area contributed by atoms with Crippen LogP contribution in [0.15, 0.2) is 66.9 Å². The second-order valence-electron chi connectivity index (χ2n) is 7.66. The van der Waals surface area contributed by atoms with Gasteiger partial charge >= 0.3 is 0 Å². The molecule has 5 heteroatoms. The molecule has 150 valence electrons. The first kappa shape index (κ1) is 18.9. The number of amides is 1. The third-order valence-electron chi connectivity index (χ3n) is 5.79. The number of fused-ring (bicyclic) bond motifs is 2. The van der Waals surface area contributed by atoms with Gasteiger partial charge in [-0.25, -0.2) is 0 Å². The largest absolute Gasteiger partial charge is 0.353 e. The van der Waals surface area contributed by atoms with Gasteiger partial charge in [-0.2, -0.15) is 0 Å². The molecule has 1 N–H and O–H groups in total. The smallest absolute Gasteiger partial charge is 0.227 e. The molecule has 0 fully saturated rings. The van der Waals surface area contributed by atoms with Gasteiger partial charge in [0.1, 0.15) is 0 Å².